The van der Waals surface area contributed by atoms with Crippen LogP contribution in [-0.2, 0) is 0 Å². The highest BCUT2D eigenvalue weighted by Gasteiger charge is 1.86. The quantitative estimate of drug-likeness (QED) is 0.360. The minimum Gasteiger partial charge on any atom is -0.582 e. The predicted octanol–water partition coefficient (Wildman–Crippen LogP) is 0.664. The summed E-state index contributed by atoms with van der Waals surface area (Å²) in [5.74, 6) is 0. The van der Waals surface area contributed by atoms with E-state index in [1.165, 1.54) is 0 Å². The topological polar surface area (TPSA) is 29.0 Å². The van der Waals surface area contributed by atoms with Gasteiger partial charge in [0.2, 0.25) is 0 Å². The van der Waals surface area contributed by atoms with Crippen molar-refractivity contribution in [2.75, 3.05) is 13.1 Å². The van der Waals surface area contributed by atoms with Gasteiger partial charge < -0.3 is 5.21 Å². The fourth-order valence-electron chi connectivity index (χ4n) is 0.224. The molecular formula is C4H10NO. The summed E-state index contributed by atoms with van der Waals surface area (Å²) in [6.07, 6.45) is 0. The second kappa shape index (κ2) is 3.12. The Morgan fingerprint density at radius 2 is 1.67 bits per heavy atom. The Morgan fingerprint density at radius 3 is 1.67 bits per heavy atom. The molecule has 0 saturated heterocycles. The van der Waals surface area contributed by atoms with Gasteiger partial charge in [-0.3, -0.25) is 0 Å². The van der Waals surface area contributed by atoms with Crippen LogP contribution < -0.4 is 5.06 Å². The van der Waals surface area contributed by atoms with Crippen molar-refractivity contribution in [3.8, 4) is 0 Å². The maximum atomic E-state index is 10.1. The fraction of sp³-hybridized carbons (Fsp3) is 1.00. The van der Waals surface area contributed by atoms with Crippen LogP contribution in [0, 0.1) is 5.21 Å². The minimum absolute atomic E-state index is 0.608. The van der Waals surface area contributed by atoms with Crippen molar-refractivity contribution in [1.82, 2.24) is 5.06 Å². The summed E-state index contributed by atoms with van der Waals surface area (Å²) in [6.45, 7) is 4.90. The largest absolute Gasteiger partial charge is 0.582 e. The molecule has 2 heteroatoms. The van der Waals surface area contributed by atoms with Gasteiger partial charge in [0.05, 0.1) is 0 Å². The number of rotatable bonds is 2. The van der Waals surface area contributed by atoms with Crippen LogP contribution in [0.15, 0.2) is 0 Å². The van der Waals surface area contributed by atoms with E-state index in [9.17, 15) is 5.21 Å². The molecule has 0 bridgehead atoms. The van der Waals surface area contributed by atoms with Gasteiger partial charge in [0.1, 0.15) is 13.1 Å². The zero-order valence-electron chi connectivity index (χ0n) is 4.27. The molecule has 6 heavy (non-hydrogen) atoms. The van der Waals surface area contributed by atoms with Crippen molar-refractivity contribution in [2.24, 2.45) is 0 Å². The zero-order chi connectivity index (χ0) is 4.99. The average Bonchev–Trinajstić information content (AvgIpc) is 1.65. The van der Waals surface area contributed by atoms with Gasteiger partial charge in [-0.1, -0.05) is 0 Å². The van der Waals surface area contributed by atoms with Crippen molar-refractivity contribution in [3.05, 3.63) is 5.21 Å². The van der Waals surface area contributed by atoms with E-state index in [0.717, 1.165) is 5.06 Å². The van der Waals surface area contributed by atoms with Crippen LogP contribution in [0.5, 0.6) is 0 Å². The maximum Gasteiger partial charge on any atom is 0.120 e. The van der Waals surface area contributed by atoms with Crippen LogP contribution in [0.25, 0.3) is 0 Å². The van der Waals surface area contributed by atoms with Crippen LogP contribution in [0.1, 0.15) is 13.8 Å². The summed E-state index contributed by atoms with van der Waals surface area (Å²) in [5.41, 5.74) is 0. The second-order valence-corrected chi connectivity index (χ2v) is 1.11. The average molecular weight is 88.1 g/mol. The summed E-state index contributed by atoms with van der Waals surface area (Å²) in [4.78, 5) is 0. The van der Waals surface area contributed by atoms with Gasteiger partial charge in [-0.25, -0.2) is 5.06 Å². The molecule has 37 valence electrons. The van der Waals surface area contributed by atoms with Gasteiger partial charge in [0.25, 0.3) is 0 Å². The van der Waals surface area contributed by atoms with E-state index in [-0.39, 0.29) is 0 Å². The lowest BCUT2D eigenvalue weighted by molar-refractivity contribution is 0.574. The molecule has 1 radical (unpaired) electrons. The highest BCUT2D eigenvalue weighted by Crippen LogP contribution is 1.70. The van der Waals surface area contributed by atoms with E-state index in [1.54, 1.807) is 0 Å². The third-order valence-corrected chi connectivity index (χ3v) is 0.705. The standard InChI is InChI=1S/C4H10NO/c1-3-5(6)4-2/h3-4H2,1-2H3. The third-order valence-electron chi connectivity index (χ3n) is 0.705. The van der Waals surface area contributed by atoms with Crippen LogP contribution in [0.2, 0.25) is 0 Å². The molecule has 0 spiro atoms. The molecule has 0 saturated carbocycles. The Balaban J connectivity index is 2.75. The lowest BCUT2D eigenvalue weighted by Gasteiger charge is -2.06. The molecule has 0 heterocycles. The van der Waals surface area contributed by atoms with Crippen LogP contribution in [-0.4, -0.2) is 13.1 Å². The van der Waals surface area contributed by atoms with Gasteiger partial charge >= 0.3 is 0 Å². The molecule has 0 amide bonds. The Kier molecular flexibility index (Phi) is 3.08. The highest BCUT2D eigenvalue weighted by molar-refractivity contribution is 4.54. The molecule has 0 aliphatic rings. The first kappa shape index (κ1) is 5.92. The van der Waals surface area contributed by atoms with Gasteiger partial charge in [-0.2, -0.15) is 0 Å². The smallest absolute Gasteiger partial charge is 0.120 e. The normalized spacial score (nSPS) is 10.0. The molecule has 0 aliphatic heterocycles. The van der Waals surface area contributed by atoms with Gasteiger partial charge in [0.15, 0.2) is 0 Å². The van der Waals surface area contributed by atoms with E-state index in [4.69, 9.17) is 0 Å². The molecule has 0 aromatic rings. The summed E-state index contributed by atoms with van der Waals surface area (Å²) in [6, 6.07) is 0. The Morgan fingerprint density at radius 1 is 1.33 bits per heavy atom. The summed E-state index contributed by atoms with van der Waals surface area (Å²) in [5, 5.41) is 11.1. The van der Waals surface area contributed by atoms with E-state index < -0.39 is 0 Å². The van der Waals surface area contributed by atoms with Crippen molar-refractivity contribution >= 4 is 0 Å². The molecule has 0 N–H and O–H groups in total. The molecule has 0 aromatic carbocycles. The molecule has 0 aliphatic carbocycles. The molecule has 0 aromatic heterocycles. The van der Waals surface area contributed by atoms with E-state index in [2.05, 4.69) is 0 Å². The van der Waals surface area contributed by atoms with Crippen LogP contribution in [0.4, 0.5) is 0 Å². The number of hydroxylamine groups is 2. The van der Waals surface area contributed by atoms with Gasteiger partial charge in [-0.05, 0) is 13.8 Å². The van der Waals surface area contributed by atoms with Crippen LogP contribution in [0.3, 0.4) is 0 Å². The highest BCUT2D eigenvalue weighted by atomic mass is 16.5. The summed E-state index contributed by atoms with van der Waals surface area (Å²) in [7, 11) is 0. The van der Waals surface area contributed by atoms with Crippen molar-refractivity contribution in [3.63, 3.8) is 0 Å². The van der Waals surface area contributed by atoms with E-state index in [1.807, 2.05) is 13.8 Å². The van der Waals surface area contributed by atoms with Crippen molar-refractivity contribution in [2.45, 2.75) is 13.8 Å². The third kappa shape index (κ3) is 2.18. The first-order valence-corrected chi connectivity index (χ1v) is 2.23. The molecule has 0 fully saturated rings. The van der Waals surface area contributed by atoms with Crippen molar-refractivity contribution < 1.29 is 0 Å². The van der Waals surface area contributed by atoms with E-state index in [0.29, 0.717) is 13.1 Å². The first-order chi connectivity index (χ1) is 2.81. The molecule has 0 unspecified atom stereocenters. The fourth-order valence-corrected chi connectivity index (χ4v) is 0.224. The Bertz CT molecular complexity index is 26.7. The number of hydrogen-bond donors (Lipinski definition) is 0. The Labute approximate surface area is 38.3 Å². The minimum atomic E-state index is 0.608. The molecule has 2 nitrogen and oxygen atoms in total. The number of hydrogen-bond acceptors (Lipinski definition) is 2. The number of nitrogens with zero attached hydrogens (tertiary/aromatic N) is 1. The molecule has 0 atom stereocenters. The SMILES string of the molecule is CC[N+]([O-])CC. The predicted molar refractivity (Wildman–Crippen MR) is 26.6 cm³/mol. The second-order valence-electron chi connectivity index (χ2n) is 1.11. The first-order valence-electron chi connectivity index (χ1n) is 2.23. The van der Waals surface area contributed by atoms with Gasteiger partial charge in [0, 0.05) is 0 Å². The summed E-state index contributed by atoms with van der Waals surface area (Å²) < 4.78 is 0. The Hall–Kier alpha value is -0.0800. The summed E-state index contributed by atoms with van der Waals surface area (Å²) >= 11 is 0. The lowest BCUT2D eigenvalue weighted by Crippen LogP contribution is -2.20. The molecular weight excluding hydrogens is 78.0 g/mol. The van der Waals surface area contributed by atoms with Crippen molar-refractivity contribution in [1.29, 1.82) is 0 Å². The molecule has 0 rings (SSSR count). The van der Waals surface area contributed by atoms with Gasteiger partial charge in [-0.15, -0.1) is 0 Å². The lowest BCUT2D eigenvalue weighted by atomic mass is 10.6. The monoisotopic (exact) mass is 88.1 g/mol. The zero-order valence-corrected chi connectivity index (χ0v) is 4.27. The maximum absolute atomic E-state index is 10.1. The van der Waals surface area contributed by atoms with Crippen LogP contribution >= 0.6 is 0 Å². The van der Waals surface area contributed by atoms with E-state index >= 15 is 0 Å².